The van der Waals surface area contributed by atoms with Gasteiger partial charge in [-0.15, -0.1) is 0 Å². The lowest BCUT2D eigenvalue weighted by atomic mass is 9.93. The van der Waals surface area contributed by atoms with E-state index >= 15 is 0 Å². The van der Waals surface area contributed by atoms with E-state index in [-0.39, 0.29) is 18.4 Å². The number of aliphatic hydroxyl groups excluding tert-OH is 1. The first kappa shape index (κ1) is 18.8. The molecule has 0 saturated heterocycles. The lowest BCUT2D eigenvalue weighted by molar-refractivity contribution is 0.0946. The van der Waals surface area contributed by atoms with E-state index in [9.17, 15) is 9.90 Å². The van der Waals surface area contributed by atoms with E-state index in [1.165, 1.54) is 19.8 Å². The van der Waals surface area contributed by atoms with E-state index < -0.39 is 0 Å². The number of benzene rings is 2. The number of methoxy groups -OCH3 is 2. The van der Waals surface area contributed by atoms with Gasteiger partial charge >= 0.3 is 0 Å². The molecule has 1 amide bonds. The first-order valence-corrected chi connectivity index (χ1v) is 8.36. The molecule has 0 spiro atoms. The molecule has 0 aliphatic heterocycles. The Hall–Kier alpha value is -2.53. The second-order valence-electron chi connectivity index (χ2n) is 5.70. The molecule has 1 atom stereocenters. The Labute approximate surface area is 148 Å². The maximum atomic E-state index is 12.6. The summed E-state index contributed by atoms with van der Waals surface area (Å²) in [7, 11) is 3.05. The molecule has 2 aromatic rings. The van der Waals surface area contributed by atoms with E-state index in [4.69, 9.17) is 9.47 Å². The van der Waals surface area contributed by atoms with Gasteiger partial charge in [-0.25, -0.2) is 0 Å². The predicted molar refractivity (Wildman–Crippen MR) is 97.4 cm³/mol. The van der Waals surface area contributed by atoms with Crippen molar-refractivity contribution in [2.75, 3.05) is 27.4 Å². The fraction of sp³-hybridized carbons (Fsp3) is 0.350. The van der Waals surface area contributed by atoms with Gasteiger partial charge in [0.15, 0.2) is 0 Å². The molecule has 0 bridgehead atoms. The maximum absolute atomic E-state index is 12.6. The summed E-state index contributed by atoms with van der Waals surface area (Å²) in [5.74, 6) is 0.926. The van der Waals surface area contributed by atoms with E-state index in [0.29, 0.717) is 30.0 Å². The van der Waals surface area contributed by atoms with Crippen LogP contribution in [0.4, 0.5) is 0 Å². The molecule has 25 heavy (non-hydrogen) atoms. The molecular formula is C20H25NO4. The van der Waals surface area contributed by atoms with Gasteiger partial charge in [-0.2, -0.15) is 0 Å². The smallest absolute Gasteiger partial charge is 0.258 e. The highest BCUT2D eigenvalue weighted by atomic mass is 16.5. The van der Waals surface area contributed by atoms with E-state index in [1.54, 1.807) is 18.2 Å². The Balaban J connectivity index is 2.02. The van der Waals surface area contributed by atoms with Crippen LogP contribution in [0.2, 0.25) is 0 Å². The summed E-state index contributed by atoms with van der Waals surface area (Å²) in [4.78, 5) is 12.6. The Morgan fingerprint density at radius 1 is 1.00 bits per heavy atom. The van der Waals surface area contributed by atoms with E-state index in [2.05, 4.69) is 5.32 Å². The highest BCUT2D eigenvalue weighted by Gasteiger charge is 2.18. The molecular weight excluding hydrogens is 318 g/mol. The summed E-state index contributed by atoms with van der Waals surface area (Å²) in [6.45, 7) is 0.618. The Morgan fingerprint density at radius 2 is 1.64 bits per heavy atom. The Bertz CT molecular complexity index is 650. The molecule has 0 aliphatic carbocycles. The molecule has 0 saturated carbocycles. The van der Waals surface area contributed by atoms with Crippen LogP contribution in [0.15, 0.2) is 48.5 Å². The van der Waals surface area contributed by atoms with Crippen LogP contribution < -0.4 is 14.8 Å². The Morgan fingerprint density at radius 3 is 2.20 bits per heavy atom. The van der Waals surface area contributed by atoms with Crippen LogP contribution in [0.25, 0.3) is 0 Å². The summed E-state index contributed by atoms with van der Waals surface area (Å²) in [5.41, 5.74) is 1.56. The zero-order valence-electron chi connectivity index (χ0n) is 14.7. The molecule has 0 fully saturated rings. The van der Waals surface area contributed by atoms with Crippen molar-refractivity contribution >= 4 is 5.91 Å². The first-order chi connectivity index (χ1) is 12.2. The second-order valence-corrected chi connectivity index (χ2v) is 5.70. The fourth-order valence-corrected chi connectivity index (χ4v) is 2.88. The van der Waals surface area contributed by atoms with Gasteiger partial charge in [0, 0.05) is 13.2 Å². The molecule has 2 N–H and O–H groups in total. The highest BCUT2D eigenvalue weighted by molar-refractivity contribution is 5.99. The van der Waals surface area contributed by atoms with Crippen molar-refractivity contribution in [3.8, 4) is 11.5 Å². The molecule has 0 aromatic heterocycles. The molecule has 2 rings (SSSR count). The number of carbonyl (C=O) groups is 1. The van der Waals surface area contributed by atoms with Crippen molar-refractivity contribution < 1.29 is 19.4 Å². The average Bonchev–Trinajstić information content (AvgIpc) is 2.67. The third-order valence-electron chi connectivity index (χ3n) is 4.18. The van der Waals surface area contributed by atoms with Crippen LogP contribution in [0.3, 0.4) is 0 Å². The number of amides is 1. The summed E-state index contributed by atoms with van der Waals surface area (Å²) in [6.07, 6.45) is 1.41. The third-order valence-corrected chi connectivity index (χ3v) is 4.18. The van der Waals surface area contributed by atoms with Crippen LogP contribution in [0.5, 0.6) is 11.5 Å². The number of aliphatic hydroxyl groups is 1. The van der Waals surface area contributed by atoms with Crippen molar-refractivity contribution in [2.24, 2.45) is 0 Å². The van der Waals surface area contributed by atoms with Gasteiger partial charge in [0.1, 0.15) is 17.1 Å². The zero-order valence-corrected chi connectivity index (χ0v) is 14.7. The second kappa shape index (κ2) is 9.69. The molecule has 134 valence electrons. The molecule has 0 heterocycles. The van der Waals surface area contributed by atoms with Crippen molar-refractivity contribution in [3.05, 3.63) is 59.7 Å². The lowest BCUT2D eigenvalue weighted by Crippen LogP contribution is -2.26. The molecule has 5 nitrogen and oxygen atoms in total. The van der Waals surface area contributed by atoms with Crippen LogP contribution >= 0.6 is 0 Å². The first-order valence-electron chi connectivity index (χ1n) is 8.36. The molecule has 2 aromatic carbocycles. The molecule has 0 aliphatic rings. The third kappa shape index (κ3) is 4.97. The van der Waals surface area contributed by atoms with Crippen LogP contribution in [0, 0.1) is 0 Å². The summed E-state index contributed by atoms with van der Waals surface area (Å²) in [6, 6.07) is 15.3. The zero-order chi connectivity index (χ0) is 18.1. The topological polar surface area (TPSA) is 67.8 Å². The highest BCUT2D eigenvalue weighted by Crippen LogP contribution is 2.28. The summed E-state index contributed by atoms with van der Waals surface area (Å²) in [5, 5.41) is 12.2. The number of ether oxygens (including phenoxy) is 2. The van der Waals surface area contributed by atoms with Crippen molar-refractivity contribution in [1.29, 1.82) is 0 Å². The fourth-order valence-electron chi connectivity index (χ4n) is 2.88. The predicted octanol–water partition coefficient (Wildman–Crippen LogP) is 2.99. The van der Waals surface area contributed by atoms with Crippen LogP contribution in [0.1, 0.15) is 34.7 Å². The standard InChI is InChI=1S/C20H25NO4/c1-24-17-9-6-10-18(25-2)19(17)20(23)21-13-11-16(12-14-22)15-7-4-3-5-8-15/h3-10,16,22H,11-14H2,1-2H3,(H,21,23). The quantitative estimate of drug-likeness (QED) is 0.734. The number of rotatable bonds is 9. The van der Waals surface area contributed by atoms with E-state index in [0.717, 1.165) is 6.42 Å². The summed E-state index contributed by atoms with van der Waals surface area (Å²) >= 11 is 0. The van der Waals surface area contributed by atoms with Gasteiger partial charge < -0.3 is 19.9 Å². The average molecular weight is 343 g/mol. The minimum atomic E-state index is -0.231. The van der Waals surface area contributed by atoms with E-state index in [1.807, 2.05) is 30.3 Å². The number of nitrogens with one attached hydrogen (secondary N) is 1. The largest absolute Gasteiger partial charge is 0.496 e. The summed E-state index contributed by atoms with van der Waals surface area (Å²) < 4.78 is 10.5. The van der Waals surface area contributed by atoms with Gasteiger partial charge in [0.05, 0.1) is 14.2 Å². The SMILES string of the molecule is COc1cccc(OC)c1C(=O)NCCC(CCO)c1ccccc1. The van der Waals surface area contributed by atoms with Gasteiger partial charge in [-0.05, 0) is 36.5 Å². The molecule has 1 unspecified atom stereocenters. The molecule has 5 heteroatoms. The van der Waals surface area contributed by atoms with Crippen molar-refractivity contribution in [2.45, 2.75) is 18.8 Å². The van der Waals surface area contributed by atoms with Crippen LogP contribution in [-0.4, -0.2) is 38.4 Å². The van der Waals surface area contributed by atoms with Crippen molar-refractivity contribution in [3.63, 3.8) is 0 Å². The van der Waals surface area contributed by atoms with Crippen molar-refractivity contribution in [1.82, 2.24) is 5.32 Å². The number of hydrogen-bond donors (Lipinski definition) is 2. The maximum Gasteiger partial charge on any atom is 0.258 e. The monoisotopic (exact) mass is 343 g/mol. The minimum absolute atomic E-state index is 0.119. The van der Waals surface area contributed by atoms with Gasteiger partial charge in [0.2, 0.25) is 0 Å². The van der Waals surface area contributed by atoms with Gasteiger partial charge in [-0.1, -0.05) is 36.4 Å². The molecule has 0 radical (unpaired) electrons. The van der Waals surface area contributed by atoms with Crippen LogP contribution in [-0.2, 0) is 0 Å². The van der Waals surface area contributed by atoms with Gasteiger partial charge in [-0.3, -0.25) is 4.79 Å². The minimum Gasteiger partial charge on any atom is -0.496 e. The normalized spacial score (nSPS) is 11.6. The van der Waals surface area contributed by atoms with Gasteiger partial charge in [0.25, 0.3) is 5.91 Å². The number of hydrogen-bond acceptors (Lipinski definition) is 4. The number of carbonyl (C=O) groups excluding carboxylic acids is 1. The lowest BCUT2D eigenvalue weighted by Gasteiger charge is -2.17. The Kier molecular flexibility index (Phi) is 7.29.